The van der Waals surface area contributed by atoms with Gasteiger partial charge in [0.1, 0.15) is 11.6 Å². The minimum atomic E-state index is -1.02. The van der Waals surface area contributed by atoms with E-state index in [1.807, 2.05) is 24.3 Å². The third kappa shape index (κ3) is 1.97. The number of carboxylic acids is 1. The monoisotopic (exact) mass is 269 g/mol. The molecule has 1 aromatic carbocycles. The smallest absolute Gasteiger partial charge is 0.338 e. The second-order valence-electron chi connectivity index (χ2n) is 4.18. The van der Waals surface area contributed by atoms with Crippen molar-refractivity contribution < 1.29 is 14.6 Å². The molecule has 0 unspecified atom stereocenters. The van der Waals surface area contributed by atoms with Crippen molar-refractivity contribution in [1.82, 2.24) is 15.0 Å². The summed E-state index contributed by atoms with van der Waals surface area (Å²) < 4.78 is 5.16. The van der Waals surface area contributed by atoms with Crippen LogP contribution in [0.5, 0.6) is 5.75 Å². The zero-order valence-corrected chi connectivity index (χ0v) is 10.6. The number of aromatic carboxylic acids is 1. The maximum Gasteiger partial charge on any atom is 0.338 e. The zero-order chi connectivity index (χ0) is 14.1. The fraction of sp³-hybridized carbons (Fsp3) is 0.0714. The number of methoxy groups -OCH3 is 1. The van der Waals surface area contributed by atoms with Gasteiger partial charge in [-0.2, -0.15) is 0 Å². The molecule has 2 heterocycles. The summed E-state index contributed by atoms with van der Waals surface area (Å²) in [6.45, 7) is 0. The van der Waals surface area contributed by atoms with Gasteiger partial charge in [0.05, 0.1) is 18.2 Å². The van der Waals surface area contributed by atoms with E-state index in [2.05, 4.69) is 15.0 Å². The summed E-state index contributed by atoms with van der Waals surface area (Å²) in [5.74, 6) is 0.243. The molecule has 6 heteroatoms. The molecule has 0 spiro atoms. The Balaban J connectivity index is 2.17. The van der Waals surface area contributed by atoms with E-state index in [0.717, 1.165) is 5.56 Å². The molecule has 0 atom stereocenters. The molecule has 3 aromatic rings. The van der Waals surface area contributed by atoms with Crippen LogP contribution in [0.25, 0.3) is 22.6 Å². The molecule has 0 fully saturated rings. The van der Waals surface area contributed by atoms with Crippen molar-refractivity contribution in [3.05, 3.63) is 42.1 Å². The molecule has 6 nitrogen and oxygen atoms in total. The lowest BCUT2D eigenvalue weighted by Crippen LogP contribution is -1.97. The lowest BCUT2D eigenvalue weighted by atomic mass is 10.2. The number of imidazole rings is 1. The van der Waals surface area contributed by atoms with Crippen LogP contribution in [0.4, 0.5) is 0 Å². The maximum absolute atomic E-state index is 11.2. The molecular formula is C14H11N3O3. The number of aromatic amines is 1. The Hall–Kier alpha value is -2.89. The van der Waals surface area contributed by atoms with Gasteiger partial charge in [-0.25, -0.2) is 14.8 Å². The molecule has 2 aromatic heterocycles. The van der Waals surface area contributed by atoms with Crippen LogP contribution in [-0.4, -0.2) is 33.1 Å². The van der Waals surface area contributed by atoms with E-state index in [0.29, 0.717) is 22.7 Å². The summed E-state index contributed by atoms with van der Waals surface area (Å²) >= 11 is 0. The molecule has 100 valence electrons. The fourth-order valence-corrected chi connectivity index (χ4v) is 2.00. The largest absolute Gasteiger partial charge is 0.497 e. The van der Waals surface area contributed by atoms with Crippen LogP contribution in [0.15, 0.2) is 36.5 Å². The number of nitrogens with zero attached hydrogens (tertiary/aromatic N) is 2. The predicted molar refractivity (Wildman–Crippen MR) is 72.8 cm³/mol. The van der Waals surface area contributed by atoms with Crippen molar-refractivity contribution in [1.29, 1.82) is 0 Å². The summed E-state index contributed by atoms with van der Waals surface area (Å²) in [5.41, 5.74) is 1.75. The fourth-order valence-electron chi connectivity index (χ4n) is 2.00. The average Bonchev–Trinajstić information content (AvgIpc) is 2.91. The number of aromatic nitrogens is 3. The number of fused-ring (bicyclic) bond motifs is 1. The van der Waals surface area contributed by atoms with E-state index >= 15 is 0 Å². The van der Waals surface area contributed by atoms with Crippen LogP contribution in [0.1, 0.15) is 10.4 Å². The van der Waals surface area contributed by atoms with Crippen molar-refractivity contribution in [2.24, 2.45) is 0 Å². The number of rotatable bonds is 3. The quantitative estimate of drug-likeness (QED) is 0.761. The number of nitrogens with one attached hydrogen (secondary N) is 1. The summed E-state index contributed by atoms with van der Waals surface area (Å²) in [6.07, 6.45) is 1.43. The summed E-state index contributed by atoms with van der Waals surface area (Å²) in [7, 11) is 1.59. The molecule has 3 rings (SSSR count). The molecule has 0 aliphatic heterocycles. The van der Waals surface area contributed by atoms with Gasteiger partial charge in [-0.3, -0.25) is 0 Å². The number of benzene rings is 1. The van der Waals surface area contributed by atoms with Crippen LogP contribution >= 0.6 is 0 Å². The molecule has 0 amide bonds. The lowest BCUT2D eigenvalue weighted by molar-refractivity contribution is 0.0698. The number of hydrogen-bond donors (Lipinski definition) is 2. The van der Waals surface area contributed by atoms with Gasteiger partial charge in [-0.15, -0.1) is 0 Å². The summed E-state index contributed by atoms with van der Waals surface area (Å²) in [6, 6.07) is 8.79. The Morgan fingerprint density at radius 3 is 2.95 bits per heavy atom. The van der Waals surface area contributed by atoms with Crippen LogP contribution in [0.2, 0.25) is 0 Å². The predicted octanol–water partition coefficient (Wildman–Crippen LogP) is 2.33. The van der Waals surface area contributed by atoms with Gasteiger partial charge in [0.25, 0.3) is 0 Å². The molecule has 2 N–H and O–H groups in total. The minimum Gasteiger partial charge on any atom is -0.497 e. The average molecular weight is 269 g/mol. The molecule has 0 saturated heterocycles. The number of ether oxygens (including phenoxy) is 1. The first kappa shape index (κ1) is 12.2. The lowest BCUT2D eigenvalue weighted by Gasteiger charge is -2.01. The number of H-pyrrole nitrogens is 1. The van der Waals surface area contributed by atoms with Gasteiger partial charge < -0.3 is 14.8 Å². The van der Waals surface area contributed by atoms with Crippen LogP contribution in [-0.2, 0) is 0 Å². The molecule has 0 radical (unpaired) electrons. The Bertz CT molecular complexity index is 795. The standard InChI is InChI=1S/C14H11N3O3/c1-20-9-4-2-3-8(7-9)12-16-11-10(14(18)19)5-6-15-13(11)17-12/h2-7H,1H3,(H,18,19)(H,15,16,17). The third-order valence-electron chi connectivity index (χ3n) is 2.97. The van der Waals surface area contributed by atoms with Gasteiger partial charge >= 0.3 is 5.97 Å². The van der Waals surface area contributed by atoms with Crippen molar-refractivity contribution >= 4 is 17.1 Å². The van der Waals surface area contributed by atoms with Gasteiger partial charge in [-0.05, 0) is 18.2 Å². The van der Waals surface area contributed by atoms with Crippen LogP contribution in [0, 0.1) is 0 Å². The molecule has 20 heavy (non-hydrogen) atoms. The highest BCUT2D eigenvalue weighted by atomic mass is 16.5. The van der Waals surface area contributed by atoms with Crippen LogP contribution in [0.3, 0.4) is 0 Å². The van der Waals surface area contributed by atoms with Gasteiger partial charge in [0, 0.05) is 11.8 Å². The van der Waals surface area contributed by atoms with E-state index in [9.17, 15) is 4.79 Å². The van der Waals surface area contributed by atoms with Crippen molar-refractivity contribution in [2.75, 3.05) is 7.11 Å². The van der Waals surface area contributed by atoms with Crippen molar-refractivity contribution in [3.63, 3.8) is 0 Å². The molecule has 0 bridgehead atoms. The first-order valence-corrected chi connectivity index (χ1v) is 5.91. The van der Waals surface area contributed by atoms with Crippen molar-refractivity contribution in [3.8, 4) is 17.1 Å². The SMILES string of the molecule is COc1cccc(-c2nc3nccc(C(=O)O)c3[nH]2)c1. The maximum atomic E-state index is 11.2. The molecule has 0 aliphatic rings. The van der Waals surface area contributed by atoms with Crippen LogP contribution < -0.4 is 4.74 Å². The Morgan fingerprint density at radius 2 is 2.20 bits per heavy atom. The number of hydrogen-bond acceptors (Lipinski definition) is 4. The minimum absolute atomic E-state index is 0.150. The van der Waals surface area contributed by atoms with E-state index in [4.69, 9.17) is 9.84 Å². The number of carbonyl (C=O) groups is 1. The van der Waals surface area contributed by atoms with Crippen molar-refractivity contribution in [2.45, 2.75) is 0 Å². The Morgan fingerprint density at radius 1 is 1.35 bits per heavy atom. The highest BCUT2D eigenvalue weighted by Crippen LogP contribution is 2.24. The normalized spacial score (nSPS) is 10.7. The highest BCUT2D eigenvalue weighted by Gasteiger charge is 2.14. The number of pyridine rings is 1. The molecular weight excluding hydrogens is 258 g/mol. The van der Waals surface area contributed by atoms with E-state index in [-0.39, 0.29) is 5.56 Å². The zero-order valence-electron chi connectivity index (χ0n) is 10.6. The van der Waals surface area contributed by atoms with E-state index in [1.54, 1.807) is 7.11 Å². The van der Waals surface area contributed by atoms with E-state index < -0.39 is 5.97 Å². The Kier molecular flexibility index (Phi) is 2.83. The van der Waals surface area contributed by atoms with E-state index in [1.165, 1.54) is 12.3 Å². The molecule has 0 aliphatic carbocycles. The molecule has 0 saturated carbocycles. The third-order valence-corrected chi connectivity index (χ3v) is 2.97. The Labute approximate surface area is 114 Å². The first-order chi connectivity index (χ1) is 9.69. The first-order valence-electron chi connectivity index (χ1n) is 5.91. The summed E-state index contributed by atoms with van der Waals surface area (Å²) in [4.78, 5) is 22.6. The summed E-state index contributed by atoms with van der Waals surface area (Å²) in [5, 5.41) is 9.15. The second kappa shape index (κ2) is 4.65. The van der Waals surface area contributed by atoms with Gasteiger partial charge in [0.15, 0.2) is 5.65 Å². The van der Waals surface area contributed by atoms with Gasteiger partial charge in [0.2, 0.25) is 0 Å². The highest BCUT2D eigenvalue weighted by molar-refractivity contribution is 6.00. The second-order valence-corrected chi connectivity index (χ2v) is 4.18. The topological polar surface area (TPSA) is 88.1 Å². The number of carboxylic acid groups (broad SMARTS) is 1. The van der Waals surface area contributed by atoms with Gasteiger partial charge in [-0.1, -0.05) is 12.1 Å².